The minimum atomic E-state index is 0.0555. The van der Waals surface area contributed by atoms with Gasteiger partial charge in [0.15, 0.2) is 5.69 Å². The van der Waals surface area contributed by atoms with Gasteiger partial charge in [0, 0.05) is 56.1 Å². The van der Waals surface area contributed by atoms with Crippen LogP contribution >= 0.6 is 0 Å². The number of carbonyl (C=O) groups excluding carboxylic acids is 1. The number of carbonyl (C=O) groups is 1. The minimum absolute atomic E-state index is 0.0555. The van der Waals surface area contributed by atoms with Crippen molar-refractivity contribution in [1.82, 2.24) is 25.1 Å². The summed E-state index contributed by atoms with van der Waals surface area (Å²) >= 11 is 0. The molecule has 172 valence electrons. The number of nitrogens with zero attached hydrogens (tertiary/aromatic N) is 5. The van der Waals surface area contributed by atoms with E-state index in [2.05, 4.69) is 15.2 Å². The number of fused-ring (bicyclic) bond motifs is 1. The van der Waals surface area contributed by atoms with E-state index in [1.54, 1.807) is 7.11 Å². The number of aryl methyl sites for hydroxylation is 1. The molecule has 0 bridgehead atoms. The average Bonchev–Trinajstić information content (AvgIpc) is 3.48. The standard InChI is InChI=1S/C25H30N6O2/c1-30(2)25-26-15-20(16-7-9-18(33-3)10-8-16)22(27-25)17-11-13-31(14-12-17)24(32)23-19-5-4-6-21(19)28-29-23/h7-10,15,17H,4-6,11-14H2,1-3H3,(H,28,29). The maximum atomic E-state index is 13.2. The van der Waals surface area contributed by atoms with Crippen LogP contribution in [0.3, 0.4) is 0 Å². The molecule has 0 radical (unpaired) electrons. The number of hydrogen-bond acceptors (Lipinski definition) is 6. The summed E-state index contributed by atoms with van der Waals surface area (Å²) in [4.78, 5) is 26.5. The number of rotatable bonds is 5. The van der Waals surface area contributed by atoms with Crippen LogP contribution in [0.25, 0.3) is 11.1 Å². The fourth-order valence-corrected chi connectivity index (χ4v) is 4.91. The number of H-pyrrole nitrogens is 1. The summed E-state index contributed by atoms with van der Waals surface area (Å²) in [5.41, 5.74) is 6.04. The zero-order valence-corrected chi connectivity index (χ0v) is 19.5. The lowest BCUT2D eigenvalue weighted by Crippen LogP contribution is -2.38. The van der Waals surface area contributed by atoms with Crippen LogP contribution in [0.2, 0.25) is 0 Å². The number of hydrogen-bond donors (Lipinski definition) is 1. The van der Waals surface area contributed by atoms with Crippen molar-refractivity contribution in [1.29, 1.82) is 0 Å². The highest BCUT2D eigenvalue weighted by molar-refractivity contribution is 5.94. The van der Waals surface area contributed by atoms with Crippen LogP contribution < -0.4 is 9.64 Å². The van der Waals surface area contributed by atoms with Crippen LogP contribution in [0.4, 0.5) is 5.95 Å². The van der Waals surface area contributed by atoms with Gasteiger partial charge in [-0.25, -0.2) is 9.97 Å². The van der Waals surface area contributed by atoms with E-state index < -0.39 is 0 Å². The van der Waals surface area contributed by atoms with Crippen molar-refractivity contribution in [2.75, 3.05) is 39.2 Å². The van der Waals surface area contributed by atoms with Gasteiger partial charge in [0.25, 0.3) is 5.91 Å². The Kier molecular flexibility index (Phi) is 5.74. The lowest BCUT2D eigenvalue weighted by molar-refractivity contribution is 0.0705. The van der Waals surface area contributed by atoms with Crippen LogP contribution in [0.15, 0.2) is 30.5 Å². The number of methoxy groups -OCH3 is 1. The third-order valence-electron chi connectivity index (χ3n) is 6.78. The van der Waals surface area contributed by atoms with Gasteiger partial charge in [0.1, 0.15) is 5.75 Å². The van der Waals surface area contributed by atoms with Crippen molar-refractivity contribution in [3.8, 4) is 16.9 Å². The Morgan fingerprint density at radius 1 is 1.15 bits per heavy atom. The molecule has 33 heavy (non-hydrogen) atoms. The van der Waals surface area contributed by atoms with E-state index in [0.29, 0.717) is 24.7 Å². The van der Waals surface area contributed by atoms with Crippen molar-refractivity contribution < 1.29 is 9.53 Å². The first kappa shape index (κ1) is 21.4. The number of likely N-dealkylation sites (tertiary alicyclic amines) is 1. The Morgan fingerprint density at radius 3 is 2.61 bits per heavy atom. The van der Waals surface area contributed by atoms with Crippen LogP contribution in [-0.4, -0.2) is 65.3 Å². The van der Waals surface area contributed by atoms with Crippen molar-refractivity contribution >= 4 is 11.9 Å². The second kappa shape index (κ2) is 8.84. The van der Waals surface area contributed by atoms with E-state index in [9.17, 15) is 4.79 Å². The van der Waals surface area contributed by atoms with Crippen LogP contribution in [0.1, 0.15) is 52.6 Å². The quantitative estimate of drug-likeness (QED) is 0.646. The molecule has 8 nitrogen and oxygen atoms in total. The molecule has 1 amide bonds. The van der Waals surface area contributed by atoms with Gasteiger partial charge in [-0.2, -0.15) is 5.10 Å². The van der Waals surface area contributed by atoms with Gasteiger partial charge in [-0.05, 0) is 49.8 Å². The second-order valence-electron chi connectivity index (χ2n) is 9.04. The molecule has 1 aromatic carbocycles. The Hall–Kier alpha value is -3.42. The molecule has 5 rings (SSSR count). The molecule has 2 aliphatic rings. The van der Waals surface area contributed by atoms with E-state index in [1.165, 1.54) is 0 Å². The zero-order valence-electron chi connectivity index (χ0n) is 19.5. The molecular weight excluding hydrogens is 416 g/mol. The van der Waals surface area contributed by atoms with Gasteiger partial charge in [-0.15, -0.1) is 0 Å². The van der Waals surface area contributed by atoms with Gasteiger partial charge >= 0.3 is 0 Å². The molecule has 0 unspecified atom stereocenters. The number of aromatic nitrogens is 4. The van der Waals surface area contributed by atoms with Gasteiger partial charge in [0.2, 0.25) is 5.95 Å². The third kappa shape index (κ3) is 4.05. The summed E-state index contributed by atoms with van der Waals surface area (Å²) in [5, 5.41) is 7.40. The van der Waals surface area contributed by atoms with Gasteiger partial charge in [-0.3, -0.25) is 9.89 Å². The fraction of sp³-hybridized carbons (Fsp3) is 0.440. The number of anilines is 1. The first-order valence-corrected chi connectivity index (χ1v) is 11.6. The number of piperidine rings is 1. The van der Waals surface area contributed by atoms with E-state index in [-0.39, 0.29) is 11.8 Å². The predicted octanol–water partition coefficient (Wildman–Crippen LogP) is 3.45. The van der Waals surface area contributed by atoms with Gasteiger partial charge in [0.05, 0.1) is 12.8 Å². The van der Waals surface area contributed by atoms with Crippen molar-refractivity contribution in [2.24, 2.45) is 0 Å². The molecule has 1 aliphatic carbocycles. The Balaban J connectivity index is 1.37. The van der Waals surface area contributed by atoms with Crippen molar-refractivity contribution in [3.63, 3.8) is 0 Å². The third-order valence-corrected chi connectivity index (χ3v) is 6.78. The van der Waals surface area contributed by atoms with E-state index in [1.807, 2.05) is 54.4 Å². The van der Waals surface area contributed by atoms with Gasteiger partial charge < -0.3 is 14.5 Å². The lowest BCUT2D eigenvalue weighted by atomic mass is 9.88. The summed E-state index contributed by atoms with van der Waals surface area (Å²) in [6.07, 6.45) is 6.69. The van der Waals surface area contributed by atoms with Crippen LogP contribution in [0.5, 0.6) is 5.75 Å². The highest BCUT2D eigenvalue weighted by atomic mass is 16.5. The number of ether oxygens (including phenoxy) is 1. The highest BCUT2D eigenvalue weighted by Gasteiger charge is 2.31. The molecule has 1 aliphatic heterocycles. The molecule has 1 N–H and O–H groups in total. The van der Waals surface area contributed by atoms with Gasteiger partial charge in [-0.1, -0.05) is 12.1 Å². The largest absolute Gasteiger partial charge is 0.497 e. The van der Waals surface area contributed by atoms with E-state index >= 15 is 0 Å². The Bertz CT molecular complexity index is 1150. The first-order chi connectivity index (χ1) is 16.0. The normalized spacial score (nSPS) is 16.0. The maximum Gasteiger partial charge on any atom is 0.274 e. The smallest absolute Gasteiger partial charge is 0.274 e. The molecule has 0 saturated carbocycles. The second-order valence-corrected chi connectivity index (χ2v) is 9.04. The minimum Gasteiger partial charge on any atom is -0.497 e. The predicted molar refractivity (Wildman–Crippen MR) is 127 cm³/mol. The summed E-state index contributed by atoms with van der Waals surface area (Å²) in [6, 6.07) is 8.02. The number of aromatic amines is 1. The Morgan fingerprint density at radius 2 is 1.91 bits per heavy atom. The number of nitrogens with one attached hydrogen (secondary N) is 1. The molecule has 0 spiro atoms. The molecule has 0 atom stereocenters. The number of benzene rings is 1. The topological polar surface area (TPSA) is 87.2 Å². The first-order valence-electron chi connectivity index (χ1n) is 11.6. The molecule has 2 aromatic heterocycles. The number of amides is 1. The molecular formula is C25H30N6O2. The SMILES string of the molecule is COc1ccc(-c2cnc(N(C)C)nc2C2CCN(C(=O)c3n[nH]c4c3CCC4)CC2)cc1. The Labute approximate surface area is 194 Å². The van der Waals surface area contributed by atoms with Crippen molar-refractivity contribution in [3.05, 3.63) is 53.1 Å². The molecule has 3 heterocycles. The zero-order chi connectivity index (χ0) is 22.9. The van der Waals surface area contributed by atoms with E-state index in [4.69, 9.17) is 9.72 Å². The summed E-state index contributed by atoms with van der Waals surface area (Å²) in [5.74, 6) is 1.84. The maximum absolute atomic E-state index is 13.2. The lowest BCUT2D eigenvalue weighted by Gasteiger charge is -2.32. The molecule has 8 heteroatoms. The summed E-state index contributed by atoms with van der Waals surface area (Å²) in [7, 11) is 5.58. The molecule has 1 saturated heterocycles. The highest BCUT2D eigenvalue weighted by Crippen LogP contribution is 2.36. The molecule has 1 fully saturated rings. The summed E-state index contributed by atoms with van der Waals surface area (Å²) in [6.45, 7) is 1.41. The van der Waals surface area contributed by atoms with Crippen LogP contribution in [0, 0.1) is 0 Å². The average molecular weight is 447 g/mol. The van der Waals surface area contributed by atoms with Crippen LogP contribution in [-0.2, 0) is 12.8 Å². The fourth-order valence-electron chi connectivity index (χ4n) is 4.91. The summed E-state index contributed by atoms with van der Waals surface area (Å²) < 4.78 is 5.31. The molecule has 3 aromatic rings. The monoisotopic (exact) mass is 446 g/mol. The van der Waals surface area contributed by atoms with Crippen molar-refractivity contribution in [2.45, 2.75) is 38.0 Å². The van der Waals surface area contributed by atoms with E-state index in [0.717, 1.165) is 65.9 Å².